The standard InChI is InChI=1S/C22H23ClFIN5O3P/c1-22(2,3)33-20(31)12-32-18-7-4-13(10-15(18)24)30-9-8-19(28-30)27-17-6-5-16(29-34-25)14(11-26)21(17)23/h4-11,26,29,34H,12H2,1-3H3,(H,27,28). The normalized spacial score (nSPS) is 11.5. The molecule has 180 valence electrons. The van der Waals surface area contributed by atoms with Crippen LogP contribution in [0.15, 0.2) is 42.6 Å². The lowest BCUT2D eigenvalue weighted by Gasteiger charge is -2.19. The quantitative estimate of drug-likeness (QED) is 0.110. The maximum atomic E-state index is 14.5. The van der Waals surface area contributed by atoms with Gasteiger partial charge in [0, 0.05) is 42.2 Å². The number of nitrogens with one attached hydrogen (secondary N) is 3. The Bertz CT molecular complexity index is 1200. The molecule has 1 heterocycles. The molecule has 0 saturated carbocycles. The van der Waals surface area contributed by atoms with Crippen LogP contribution in [0.2, 0.25) is 5.02 Å². The highest BCUT2D eigenvalue weighted by molar-refractivity contribution is 14.2. The van der Waals surface area contributed by atoms with Gasteiger partial charge in [-0.15, -0.1) is 0 Å². The van der Waals surface area contributed by atoms with Gasteiger partial charge in [0.2, 0.25) is 0 Å². The van der Waals surface area contributed by atoms with Gasteiger partial charge < -0.3 is 25.3 Å². The minimum Gasteiger partial charge on any atom is -0.479 e. The van der Waals surface area contributed by atoms with Crippen LogP contribution in [-0.2, 0) is 9.53 Å². The Labute approximate surface area is 216 Å². The molecule has 3 rings (SSSR count). The van der Waals surface area contributed by atoms with Crippen molar-refractivity contribution in [2.75, 3.05) is 17.0 Å². The number of benzene rings is 2. The van der Waals surface area contributed by atoms with Crippen molar-refractivity contribution in [1.82, 2.24) is 9.78 Å². The number of carbonyl (C=O) groups is 1. The van der Waals surface area contributed by atoms with E-state index in [-0.39, 0.29) is 5.75 Å². The highest BCUT2D eigenvalue weighted by atomic mass is 127. The molecule has 3 N–H and O–H groups in total. The van der Waals surface area contributed by atoms with Crippen LogP contribution in [0.25, 0.3) is 5.69 Å². The van der Waals surface area contributed by atoms with Crippen LogP contribution >= 0.6 is 40.0 Å². The molecule has 2 aromatic carbocycles. The number of nitrogens with zero attached hydrogens (tertiary/aromatic N) is 2. The summed E-state index contributed by atoms with van der Waals surface area (Å²) in [5.41, 5.74) is 1.75. The number of hydrogen-bond acceptors (Lipinski definition) is 7. The van der Waals surface area contributed by atoms with Crippen LogP contribution in [0.3, 0.4) is 0 Å². The van der Waals surface area contributed by atoms with Crippen LogP contribution in [0.1, 0.15) is 26.3 Å². The van der Waals surface area contributed by atoms with Crippen molar-refractivity contribution < 1.29 is 18.7 Å². The largest absolute Gasteiger partial charge is 0.479 e. The average molecular weight is 618 g/mol. The van der Waals surface area contributed by atoms with Crippen LogP contribution in [0, 0.1) is 11.2 Å². The van der Waals surface area contributed by atoms with Crippen molar-refractivity contribution in [1.29, 1.82) is 5.41 Å². The molecule has 12 heteroatoms. The number of carbonyl (C=O) groups excluding carboxylic acids is 1. The van der Waals surface area contributed by atoms with Gasteiger partial charge in [0.15, 0.2) is 24.0 Å². The third kappa shape index (κ3) is 6.80. The predicted molar refractivity (Wildman–Crippen MR) is 143 cm³/mol. The summed E-state index contributed by atoms with van der Waals surface area (Å²) in [6, 6.07) is 9.65. The maximum Gasteiger partial charge on any atom is 0.344 e. The molecule has 0 amide bonds. The topological polar surface area (TPSA) is 101 Å². The van der Waals surface area contributed by atoms with E-state index >= 15 is 0 Å². The molecule has 1 aromatic heterocycles. The van der Waals surface area contributed by atoms with E-state index in [4.69, 9.17) is 26.5 Å². The van der Waals surface area contributed by atoms with Crippen molar-refractivity contribution in [3.05, 3.63) is 59.0 Å². The second-order valence-corrected chi connectivity index (χ2v) is 10.4. The lowest BCUT2D eigenvalue weighted by Crippen LogP contribution is -2.27. The number of rotatable bonds is 9. The molecule has 34 heavy (non-hydrogen) atoms. The molecular weight excluding hydrogens is 595 g/mol. The molecule has 0 radical (unpaired) electrons. The first kappa shape index (κ1) is 26.2. The number of aromatic nitrogens is 2. The first-order valence-corrected chi connectivity index (χ1v) is 14.5. The van der Waals surface area contributed by atoms with Gasteiger partial charge >= 0.3 is 5.97 Å². The number of hydrogen-bond donors (Lipinski definition) is 3. The first-order chi connectivity index (χ1) is 16.1. The monoisotopic (exact) mass is 617 g/mol. The minimum absolute atomic E-state index is 0.0631. The highest BCUT2D eigenvalue weighted by Crippen LogP contribution is 2.35. The molecule has 1 unspecified atom stereocenters. The molecule has 3 aromatic rings. The zero-order chi connectivity index (χ0) is 24.9. The van der Waals surface area contributed by atoms with Crippen molar-refractivity contribution >= 4 is 69.4 Å². The lowest BCUT2D eigenvalue weighted by atomic mass is 10.1. The maximum absolute atomic E-state index is 14.5. The van der Waals surface area contributed by atoms with Crippen molar-refractivity contribution in [2.45, 2.75) is 26.4 Å². The Balaban J connectivity index is 1.71. The highest BCUT2D eigenvalue weighted by Gasteiger charge is 2.18. The van der Waals surface area contributed by atoms with E-state index in [1.165, 1.54) is 23.0 Å². The fraction of sp³-hybridized carbons (Fsp3) is 0.227. The number of halogens is 3. The molecule has 8 nitrogen and oxygen atoms in total. The Morgan fingerprint density at radius 2 is 2.03 bits per heavy atom. The van der Waals surface area contributed by atoms with Gasteiger partial charge in [-0.05, 0) is 67.1 Å². The molecule has 0 bridgehead atoms. The summed E-state index contributed by atoms with van der Waals surface area (Å²) in [5.74, 6) is -0.794. The van der Waals surface area contributed by atoms with Crippen LogP contribution < -0.4 is 15.1 Å². The van der Waals surface area contributed by atoms with Gasteiger partial charge in [0.1, 0.15) is 5.60 Å². The number of esters is 1. The summed E-state index contributed by atoms with van der Waals surface area (Å²) in [5, 5.41) is 18.8. The van der Waals surface area contributed by atoms with Gasteiger partial charge in [-0.25, -0.2) is 13.9 Å². The third-order valence-electron chi connectivity index (χ3n) is 4.30. The summed E-state index contributed by atoms with van der Waals surface area (Å²) >= 11 is 8.67. The predicted octanol–water partition coefficient (Wildman–Crippen LogP) is 6.48. The van der Waals surface area contributed by atoms with E-state index in [1.54, 1.807) is 45.2 Å². The van der Waals surface area contributed by atoms with E-state index < -0.39 is 24.0 Å². The molecule has 0 saturated heterocycles. The molecule has 0 aliphatic rings. The fourth-order valence-corrected chi connectivity index (χ4v) is 4.38. The SMILES string of the molecule is CC(C)(C)OC(=O)COc1ccc(-n2ccc(Nc3ccc(NPI)c(C=N)c3Cl)n2)cc1F. The van der Waals surface area contributed by atoms with E-state index in [0.29, 0.717) is 34.2 Å². The summed E-state index contributed by atoms with van der Waals surface area (Å²) in [4.78, 5) is 11.8. The fourth-order valence-electron chi connectivity index (χ4n) is 2.92. The summed E-state index contributed by atoms with van der Waals surface area (Å²) in [6.07, 6.45) is 3.30. The third-order valence-corrected chi connectivity index (χ3v) is 5.88. The molecule has 1 atom stereocenters. The van der Waals surface area contributed by atoms with Gasteiger partial charge in [0.05, 0.1) is 16.4 Å². The number of ether oxygens (including phenoxy) is 2. The van der Waals surface area contributed by atoms with Crippen LogP contribution in [-0.4, -0.2) is 34.2 Å². The zero-order valence-electron chi connectivity index (χ0n) is 18.6. The van der Waals surface area contributed by atoms with E-state index in [0.717, 1.165) is 5.69 Å². The van der Waals surface area contributed by atoms with Gasteiger partial charge in [-0.2, -0.15) is 5.10 Å². The number of anilines is 3. The van der Waals surface area contributed by atoms with E-state index in [2.05, 4.69) is 37.5 Å². The summed E-state index contributed by atoms with van der Waals surface area (Å²) in [6.45, 7) is 4.83. The second kappa shape index (κ2) is 11.3. The van der Waals surface area contributed by atoms with Crippen molar-refractivity contribution in [3.8, 4) is 11.4 Å². The molecule has 0 spiro atoms. The first-order valence-electron chi connectivity index (χ1n) is 10.0. The Kier molecular flexibility index (Phi) is 8.72. The molecule has 0 aliphatic carbocycles. The smallest absolute Gasteiger partial charge is 0.344 e. The Morgan fingerprint density at radius 1 is 1.29 bits per heavy atom. The average Bonchev–Trinajstić information content (AvgIpc) is 3.22. The van der Waals surface area contributed by atoms with E-state index in [1.807, 2.05) is 6.07 Å². The van der Waals surface area contributed by atoms with Crippen LogP contribution in [0.4, 0.5) is 21.6 Å². The molecule has 0 aliphatic heterocycles. The zero-order valence-corrected chi connectivity index (χ0v) is 22.5. The molecular formula is C22H23ClFIN5O3P. The van der Waals surface area contributed by atoms with Crippen molar-refractivity contribution in [3.63, 3.8) is 0 Å². The Morgan fingerprint density at radius 3 is 2.68 bits per heavy atom. The second-order valence-electron chi connectivity index (χ2n) is 8.01. The Hall–Kier alpha value is -2.43. The lowest BCUT2D eigenvalue weighted by molar-refractivity contribution is -0.157. The van der Waals surface area contributed by atoms with Gasteiger partial charge in [0.25, 0.3) is 0 Å². The van der Waals surface area contributed by atoms with Gasteiger partial charge in [-0.1, -0.05) is 11.6 Å². The van der Waals surface area contributed by atoms with Gasteiger partial charge in [-0.3, -0.25) is 0 Å². The minimum atomic E-state index is -0.644. The summed E-state index contributed by atoms with van der Waals surface area (Å²) in [7, 11) is 0. The summed E-state index contributed by atoms with van der Waals surface area (Å²) < 4.78 is 26.4. The molecule has 0 fully saturated rings. The van der Waals surface area contributed by atoms with Crippen LogP contribution in [0.5, 0.6) is 5.75 Å². The van der Waals surface area contributed by atoms with Crippen molar-refractivity contribution in [2.24, 2.45) is 0 Å². The van der Waals surface area contributed by atoms with E-state index in [9.17, 15) is 9.18 Å².